The van der Waals surface area contributed by atoms with Gasteiger partial charge >= 0.3 is 0 Å². The molecular formula is C11H18ClN3. The van der Waals surface area contributed by atoms with Crippen LogP contribution in [0.15, 0.2) is 12.4 Å². The van der Waals surface area contributed by atoms with E-state index >= 15 is 0 Å². The molecule has 0 aromatic carbocycles. The lowest BCUT2D eigenvalue weighted by Gasteiger charge is -2.21. The SMILES string of the molecule is CCCN(CCC)c1cnc(CCl)cn1. The zero-order valence-electron chi connectivity index (χ0n) is 9.41. The second kappa shape index (κ2) is 6.62. The van der Waals surface area contributed by atoms with Crippen molar-refractivity contribution in [2.75, 3.05) is 18.0 Å². The van der Waals surface area contributed by atoms with Crippen molar-refractivity contribution in [3.05, 3.63) is 18.1 Å². The number of halogens is 1. The molecule has 0 amide bonds. The van der Waals surface area contributed by atoms with Gasteiger partial charge < -0.3 is 4.90 Å². The maximum Gasteiger partial charge on any atom is 0.147 e. The van der Waals surface area contributed by atoms with Gasteiger partial charge in [-0.3, -0.25) is 4.98 Å². The van der Waals surface area contributed by atoms with Gasteiger partial charge in [-0.25, -0.2) is 4.98 Å². The predicted molar refractivity (Wildman–Crippen MR) is 64.4 cm³/mol. The van der Waals surface area contributed by atoms with Crippen molar-refractivity contribution in [2.45, 2.75) is 32.6 Å². The fraction of sp³-hybridized carbons (Fsp3) is 0.636. The third kappa shape index (κ3) is 3.67. The van der Waals surface area contributed by atoms with Crippen LogP contribution in [0.2, 0.25) is 0 Å². The summed E-state index contributed by atoms with van der Waals surface area (Å²) in [6, 6.07) is 0. The largest absolute Gasteiger partial charge is 0.355 e. The molecule has 0 aliphatic carbocycles. The van der Waals surface area contributed by atoms with Gasteiger partial charge in [-0.15, -0.1) is 11.6 Å². The summed E-state index contributed by atoms with van der Waals surface area (Å²) in [5, 5.41) is 0. The average molecular weight is 228 g/mol. The molecule has 4 heteroatoms. The van der Waals surface area contributed by atoms with Crippen LogP contribution in [-0.4, -0.2) is 23.1 Å². The van der Waals surface area contributed by atoms with Crippen molar-refractivity contribution in [2.24, 2.45) is 0 Å². The molecule has 0 atom stereocenters. The minimum Gasteiger partial charge on any atom is -0.355 e. The van der Waals surface area contributed by atoms with E-state index in [0.717, 1.165) is 37.4 Å². The number of aromatic nitrogens is 2. The Kier molecular flexibility index (Phi) is 5.40. The van der Waals surface area contributed by atoms with E-state index in [1.165, 1.54) is 0 Å². The molecule has 0 saturated heterocycles. The summed E-state index contributed by atoms with van der Waals surface area (Å²) in [6.07, 6.45) is 5.81. The first-order chi connectivity index (χ1) is 7.31. The molecule has 3 nitrogen and oxygen atoms in total. The van der Waals surface area contributed by atoms with E-state index in [1.807, 2.05) is 6.20 Å². The molecule has 0 radical (unpaired) electrons. The zero-order valence-corrected chi connectivity index (χ0v) is 10.2. The topological polar surface area (TPSA) is 29.0 Å². The molecule has 0 N–H and O–H groups in total. The molecule has 1 heterocycles. The lowest BCUT2D eigenvalue weighted by atomic mass is 10.3. The fourth-order valence-corrected chi connectivity index (χ4v) is 1.60. The standard InChI is InChI=1S/C11H18ClN3/c1-3-5-15(6-4-2)11-9-13-10(7-12)8-14-11/h8-9H,3-7H2,1-2H3. The minimum absolute atomic E-state index is 0.425. The van der Waals surface area contributed by atoms with Crippen LogP contribution < -0.4 is 4.90 Å². The van der Waals surface area contributed by atoms with Crippen LogP contribution in [0.25, 0.3) is 0 Å². The van der Waals surface area contributed by atoms with E-state index in [0.29, 0.717) is 5.88 Å². The zero-order chi connectivity index (χ0) is 11.1. The van der Waals surface area contributed by atoms with Crippen LogP contribution in [0.1, 0.15) is 32.4 Å². The molecule has 0 unspecified atom stereocenters. The van der Waals surface area contributed by atoms with Crippen LogP contribution in [0, 0.1) is 0 Å². The Balaban J connectivity index is 2.72. The summed E-state index contributed by atoms with van der Waals surface area (Å²) in [7, 11) is 0. The molecule has 0 saturated carbocycles. The molecule has 1 rings (SSSR count). The summed E-state index contributed by atoms with van der Waals surface area (Å²) < 4.78 is 0. The van der Waals surface area contributed by atoms with Crippen LogP contribution in [-0.2, 0) is 5.88 Å². The molecule has 0 aliphatic heterocycles. The van der Waals surface area contributed by atoms with E-state index in [2.05, 4.69) is 28.7 Å². The van der Waals surface area contributed by atoms with Crippen molar-refractivity contribution in [1.29, 1.82) is 0 Å². The molecule has 84 valence electrons. The number of anilines is 1. The van der Waals surface area contributed by atoms with Crippen LogP contribution in [0.3, 0.4) is 0 Å². The molecule has 0 spiro atoms. The molecule has 0 fully saturated rings. The summed E-state index contributed by atoms with van der Waals surface area (Å²) >= 11 is 5.67. The van der Waals surface area contributed by atoms with Crippen LogP contribution in [0.4, 0.5) is 5.82 Å². The van der Waals surface area contributed by atoms with Gasteiger partial charge in [0.25, 0.3) is 0 Å². The van der Waals surface area contributed by atoms with E-state index < -0.39 is 0 Å². The van der Waals surface area contributed by atoms with Gasteiger partial charge in [-0.05, 0) is 12.8 Å². The number of hydrogen-bond acceptors (Lipinski definition) is 3. The Bertz CT molecular complexity index is 268. The van der Waals surface area contributed by atoms with Gasteiger partial charge in [-0.1, -0.05) is 13.8 Å². The van der Waals surface area contributed by atoms with E-state index in [1.54, 1.807) is 6.20 Å². The molecule has 1 aromatic heterocycles. The lowest BCUT2D eigenvalue weighted by molar-refractivity contribution is 0.731. The molecule has 0 aliphatic rings. The number of rotatable bonds is 6. The van der Waals surface area contributed by atoms with Gasteiger partial charge in [0, 0.05) is 13.1 Å². The highest BCUT2D eigenvalue weighted by atomic mass is 35.5. The highest BCUT2D eigenvalue weighted by Crippen LogP contribution is 2.10. The van der Waals surface area contributed by atoms with Crippen molar-refractivity contribution in [1.82, 2.24) is 9.97 Å². The first-order valence-corrected chi connectivity index (χ1v) is 5.97. The normalized spacial score (nSPS) is 10.3. The van der Waals surface area contributed by atoms with Crippen LogP contribution >= 0.6 is 11.6 Å². The van der Waals surface area contributed by atoms with Gasteiger partial charge in [0.15, 0.2) is 0 Å². The third-order valence-electron chi connectivity index (χ3n) is 2.14. The fourth-order valence-electron chi connectivity index (χ4n) is 1.46. The summed E-state index contributed by atoms with van der Waals surface area (Å²) in [5.41, 5.74) is 0.827. The predicted octanol–water partition coefficient (Wildman–Crippen LogP) is 2.84. The highest BCUT2D eigenvalue weighted by molar-refractivity contribution is 6.16. The van der Waals surface area contributed by atoms with E-state index in [9.17, 15) is 0 Å². The van der Waals surface area contributed by atoms with Gasteiger partial charge in [0.1, 0.15) is 5.82 Å². The molecule has 0 bridgehead atoms. The first kappa shape index (κ1) is 12.2. The summed E-state index contributed by atoms with van der Waals surface area (Å²) in [6.45, 7) is 6.40. The average Bonchev–Trinajstić information content (AvgIpc) is 2.29. The van der Waals surface area contributed by atoms with Crippen molar-refractivity contribution >= 4 is 17.4 Å². The third-order valence-corrected chi connectivity index (χ3v) is 2.41. The summed E-state index contributed by atoms with van der Waals surface area (Å²) in [5.74, 6) is 1.38. The van der Waals surface area contributed by atoms with E-state index in [-0.39, 0.29) is 0 Å². The van der Waals surface area contributed by atoms with E-state index in [4.69, 9.17) is 11.6 Å². The Morgan fingerprint density at radius 1 is 1.13 bits per heavy atom. The maximum atomic E-state index is 5.67. The Hall–Kier alpha value is -0.830. The molecular weight excluding hydrogens is 210 g/mol. The number of hydrogen-bond donors (Lipinski definition) is 0. The van der Waals surface area contributed by atoms with Gasteiger partial charge in [0.05, 0.1) is 24.0 Å². The van der Waals surface area contributed by atoms with Crippen molar-refractivity contribution in [3.8, 4) is 0 Å². The first-order valence-electron chi connectivity index (χ1n) is 5.43. The Morgan fingerprint density at radius 3 is 2.20 bits per heavy atom. The maximum absolute atomic E-state index is 5.67. The summed E-state index contributed by atoms with van der Waals surface area (Å²) in [4.78, 5) is 10.9. The monoisotopic (exact) mass is 227 g/mol. The Labute approximate surface area is 96.5 Å². The second-order valence-corrected chi connectivity index (χ2v) is 3.75. The van der Waals surface area contributed by atoms with Gasteiger partial charge in [-0.2, -0.15) is 0 Å². The minimum atomic E-state index is 0.425. The Morgan fingerprint density at radius 2 is 1.80 bits per heavy atom. The number of alkyl halides is 1. The smallest absolute Gasteiger partial charge is 0.147 e. The quantitative estimate of drug-likeness (QED) is 0.700. The number of nitrogens with zero attached hydrogens (tertiary/aromatic N) is 3. The van der Waals surface area contributed by atoms with Crippen molar-refractivity contribution in [3.63, 3.8) is 0 Å². The highest BCUT2D eigenvalue weighted by Gasteiger charge is 2.05. The molecule has 1 aromatic rings. The van der Waals surface area contributed by atoms with Crippen molar-refractivity contribution < 1.29 is 0 Å². The lowest BCUT2D eigenvalue weighted by Crippen LogP contribution is -2.25. The van der Waals surface area contributed by atoms with Gasteiger partial charge in [0.2, 0.25) is 0 Å². The second-order valence-electron chi connectivity index (χ2n) is 3.49. The molecule has 15 heavy (non-hydrogen) atoms. The van der Waals surface area contributed by atoms with Crippen LogP contribution in [0.5, 0.6) is 0 Å².